The number of likely N-dealkylation sites (N-methyl/N-ethyl adjacent to an activating group) is 1. The summed E-state index contributed by atoms with van der Waals surface area (Å²) in [6, 6.07) is 10.2. The molecule has 1 aliphatic heterocycles. The molecule has 1 unspecified atom stereocenters. The quantitative estimate of drug-likeness (QED) is 0.802. The van der Waals surface area contributed by atoms with E-state index in [2.05, 4.69) is 22.3 Å². The summed E-state index contributed by atoms with van der Waals surface area (Å²) in [5.41, 5.74) is 1.25. The lowest BCUT2D eigenvalue weighted by Gasteiger charge is -2.31. The lowest BCUT2D eigenvalue weighted by atomic mass is 9.99. The van der Waals surface area contributed by atoms with Crippen molar-refractivity contribution in [1.82, 2.24) is 15.1 Å². The third kappa shape index (κ3) is 6.20. The molecule has 5 nitrogen and oxygen atoms in total. The van der Waals surface area contributed by atoms with E-state index in [1.807, 2.05) is 25.2 Å². The number of nitrogens with zero attached hydrogens (tertiary/aromatic N) is 2. The maximum absolute atomic E-state index is 12.1. The predicted octanol–water partition coefficient (Wildman–Crippen LogP) is 1.57. The monoisotopic (exact) mass is 319 g/mol. The van der Waals surface area contributed by atoms with Crippen LogP contribution in [0, 0.1) is 5.92 Å². The molecule has 1 aliphatic rings. The second-order valence-corrected chi connectivity index (χ2v) is 6.38. The van der Waals surface area contributed by atoms with E-state index in [1.165, 1.54) is 5.56 Å². The fourth-order valence-electron chi connectivity index (χ4n) is 3.00. The van der Waals surface area contributed by atoms with Crippen molar-refractivity contribution >= 4 is 6.03 Å². The maximum atomic E-state index is 12.1. The Morgan fingerprint density at radius 1 is 1.39 bits per heavy atom. The Morgan fingerprint density at radius 3 is 2.91 bits per heavy atom. The molecular formula is C18H29N3O2. The van der Waals surface area contributed by atoms with Gasteiger partial charge in [0, 0.05) is 39.8 Å². The van der Waals surface area contributed by atoms with E-state index in [0.29, 0.717) is 19.0 Å². The minimum absolute atomic E-state index is 0.0170. The average Bonchev–Trinajstić information content (AvgIpc) is 2.60. The molecule has 1 saturated heterocycles. The van der Waals surface area contributed by atoms with Crippen molar-refractivity contribution in [2.75, 3.05) is 46.4 Å². The first-order valence-electron chi connectivity index (χ1n) is 8.55. The summed E-state index contributed by atoms with van der Waals surface area (Å²) in [6.07, 6.45) is 3.12. The third-order valence-electron chi connectivity index (χ3n) is 4.49. The molecule has 128 valence electrons. The molecule has 0 radical (unpaired) electrons. The fourth-order valence-corrected chi connectivity index (χ4v) is 3.00. The molecule has 0 spiro atoms. The summed E-state index contributed by atoms with van der Waals surface area (Å²) in [5.74, 6) is 0.396. The van der Waals surface area contributed by atoms with Crippen LogP contribution in [0.5, 0.6) is 0 Å². The first-order valence-corrected chi connectivity index (χ1v) is 8.55. The Kier molecular flexibility index (Phi) is 7.36. The second-order valence-electron chi connectivity index (χ2n) is 6.38. The van der Waals surface area contributed by atoms with Gasteiger partial charge in [0.05, 0.1) is 0 Å². The molecule has 1 atom stereocenters. The zero-order chi connectivity index (χ0) is 16.5. The number of hydrogen-bond donors (Lipinski definition) is 2. The lowest BCUT2D eigenvalue weighted by Crippen LogP contribution is -2.44. The molecule has 0 bridgehead atoms. The number of nitrogens with one attached hydrogen (secondary N) is 1. The molecule has 0 aromatic heterocycles. The van der Waals surface area contributed by atoms with Gasteiger partial charge >= 0.3 is 6.03 Å². The molecule has 0 aliphatic carbocycles. The van der Waals surface area contributed by atoms with Crippen LogP contribution in [0.3, 0.4) is 0 Å². The Balaban J connectivity index is 1.62. The molecule has 1 fully saturated rings. The van der Waals surface area contributed by atoms with E-state index in [0.717, 1.165) is 38.9 Å². The largest absolute Gasteiger partial charge is 0.396 e. The SMILES string of the molecule is CN(CCc1ccccc1)C(=O)NCCN1CCCC(CO)C1. The Bertz CT molecular complexity index is 467. The summed E-state index contributed by atoms with van der Waals surface area (Å²) in [4.78, 5) is 16.1. The first kappa shape index (κ1) is 17.8. The van der Waals surface area contributed by atoms with Gasteiger partial charge in [0.25, 0.3) is 0 Å². The van der Waals surface area contributed by atoms with Crippen molar-refractivity contribution in [2.24, 2.45) is 5.92 Å². The van der Waals surface area contributed by atoms with Crippen LogP contribution in [0.4, 0.5) is 4.79 Å². The molecule has 1 heterocycles. The summed E-state index contributed by atoms with van der Waals surface area (Å²) in [6.45, 7) is 4.51. The smallest absolute Gasteiger partial charge is 0.317 e. The van der Waals surface area contributed by atoms with Crippen molar-refractivity contribution in [3.63, 3.8) is 0 Å². The minimum atomic E-state index is -0.0170. The van der Waals surface area contributed by atoms with Crippen molar-refractivity contribution in [2.45, 2.75) is 19.3 Å². The number of aliphatic hydroxyl groups is 1. The number of carbonyl (C=O) groups excluding carboxylic acids is 1. The molecule has 1 aromatic rings. The van der Waals surface area contributed by atoms with Gasteiger partial charge in [-0.3, -0.25) is 0 Å². The second kappa shape index (κ2) is 9.53. The highest BCUT2D eigenvalue weighted by Gasteiger charge is 2.18. The number of aliphatic hydroxyl groups excluding tert-OH is 1. The van der Waals surface area contributed by atoms with Gasteiger partial charge in [-0.1, -0.05) is 30.3 Å². The number of carbonyl (C=O) groups is 1. The zero-order valence-corrected chi connectivity index (χ0v) is 14.1. The Morgan fingerprint density at radius 2 is 2.17 bits per heavy atom. The normalized spacial score (nSPS) is 18.6. The highest BCUT2D eigenvalue weighted by atomic mass is 16.3. The summed E-state index contributed by atoms with van der Waals surface area (Å²) < 4.78 is 0. The van der Waals surface area contributed by atoms with Gasteiger partial charge in [-0.15, -0.1) is 0 Å². The van der Waals surface area contributed by atoms with Gasteiger partial charge < -0.3 is 20.2 Å². The van der Waals surface area contributed by atoms with E-state index < -0.39 is 0 Å². The third-order valence-corrected chi connectivity index (χ3v) is 4.49. The van der Waals surface area contributed by atoms with E-state index >= 15 is 0 Å². The maximum Gasteiger partial charge on any atom is 0.317 e. The fraction of sp³-hybridized carbons (Fsp3) is 0.611. The van der Waals surface area contributed by atoms with Crippen LogP contribution in [0.15, 0.2) is 30.3 Å². The van der Waals surface area contributed by atoms with Gasteiger partial charge in [-0.2, -0.15) is 0 Å². The molecule has 23 heavy (non-hydrogen) atoms. The minimum Gasteiger partial charge on any atom is -0.396 e. The van der Waals surface area contributed by atoms with Gasteiger partial charge in [-0.05, 0) is 37.3 Å². The zero-order valence-electron chi connectivity index (χ0n) is 14.1. The molecule has 5 heteroatoms. The van der Waals surface area contributed by atoms with Crippen LogP contribution in [-0.4, -0.2) is 67.3 Å². The van der Waals surface area contributed by atoms with E-state index in [4.69, 9.17) is 0 Å². The summed E-state index contributed by atoms with van der Waals surface area (Å²) in [7, 11) is 1.83. The molecular weight excluding hydrogens is 290 g/mol. The van der Waals surface area contributed by atoms with Gasteiger partial charge in [0.2, 0.25) is 0 Å². The molecule has 2 rings (SSSR count). The molecule has 1 aromatic carbocycles. The average molecular weight is 319 g/mol. The summed E-state index contributed by atoms with van der Waals surface area (Å²) in [5, 5.41) is 12.2. The predicted molar refractivity (Wildman–Crippen MR) is 92.4 cm³/mol. The van der Waals surface area contributed by atoms with Crippen LogP contribution >= 0.6 is 0 Å². The number of rotatable bonds is 7. The number of amides is 2. The first-order chi connectivity index (χ1) is 11.2. The van der Waals surface area contributed by atoms with Crippen molar-refractivity contribution < 1.29 is 9.90 Å². The van der Waals surface area contributed by atoms with Crippen molar-refractivity contribution in [1.29, 1.82) is 0 Å². The van der Waals surface area contributed by atoms with Gasteiger partial charge in [0.1, 0.15) is 0 Å². The van der Waals surface area contributed by atoms with Crippen molar-refractivity contribution in [3.05, 3.63) is 35.9 Å². The van der Waals surface area contributed by atoms with E-state index in [-0.39, 0.29) is 12.6 Å². The van der Waals surface area contributed by atoms with Gasteiger partial charge in [-0.25, -0.2) is 4.79 Å². The standard InChI is InChI=1S/C18H29N3O2/c1-20(12-9-16-6-3-2-4-7-16)18(23)19-10-13-21-11-5-8-17(14-21)15-22/h2-4,6-7,17,22H,5,8-15H2,1H3,(H,19,23). The van der Waals surface area contributed by atoms with Crippen LogP contribution in [0.25, 0.3) is 0 Å². The number of urea groups is 1. The van der Waals surface area contributed by atoms with Crippen LogP contribution in [-0.2, 0) is 6.42 Å². The van der Waals surface area contributed by atoms with E-state index in [1.54, 1.807) is 4.90 Å². The highest BCUT2D eigenvalue weighted by Crippen LogP contribution is 2.14. The molecule has 0 saturated carbocycles. The number of hydrogen-bond acceptors (Lipinski definition) is 3. The number of benzene rings is 1. The Hall–Kier alpha value is -1.59. The van der Waals surface area contributed by atoms with Crippen LogP contribution < -0.4 is 5.32 Å². The Labute approximate surface area is 139 Å². The van der Waals surface area contributed by atoms with Gasteiger partial charge in [0.15, 0.2) is 0 Å². The number of likely N-dealkylation sites (tertiary alicyclic amines) is 1. The number of piperidine rings is 1. The van der Waals surface area contributed by atoms with Crippen LogP contribution in [0.1, 0.15) is 18.4 Å². The lowest BCUT2D eigenvalue weighted by molar-refractivity contribution is 0.121. The topological polar surface area (TPSA) is 55.8 Å². The highest BCUT2D eigenvalue weighted by molar-refractivity contribution is 5.73. The van der Waals surface area contributed by atoms with Crippen LogP contribution in [0.2, 0.25) is 0 Å². The van der Waals surface area contributed by atoms with E-state index in [9.17, 15) is 9.90 Å². The van der Waals surface area contributed by atoms with Crippen molar-refractivity contribution in [3.8, 4) is 0 Å². The summed E-state index contributed by atoms with van der Waals surface area (Å²) >= 11 is 0. The molecule has 2 amide bonds. The molecule has 2 N–H and O–H groups in total.